The maximum Gasteiger partial charge on any atom is 0.387 e. The number of carbonyl (C=O) groups is 3. The Morgan fingerprint density at radius 1 is 1.15 bits per heavy atom. The molecule has 1 heterocycles. The summed E-state index contributed by atoms with van der Waals surface area (Å²) < 4.78 is 49.8. The van der Waals surface area contributed by atoms with Crippen LogP contribution in [0, 0.1) is 12.7 Å². The highest BCUT2D eigenvalue weighted by atomic mass is 19.3. The third kappa shape index (κ3) is 4.98. The summed E-state index contributed by atoms with van der Waals surface area (Å²) in [5.41, 5.74) is 0.948. The van der Waals surface area contributed by atoms with E-state index in [4.69, 9.17) is 9.84 Å². The van der Waals surface area contributed by atoms with Crippen LogP contribution in [-0.4, -0.2) is 47.2 Å². The SMILES string of the molecule is COc1cc2c(CC(=O)NC(C)C(=O)O)c(C)n(C(=O)c3ccc(OC(F)F)cc3)c2cc1F. The molecular formula is C23H21F3N2O6. The van der Waals surface area contributed by atoms with Crippen LogP contribution < -0.4 is 14.8 Å². The van der Waals surface area contributed by atoms with E-state index in [-0.39, 0.29) is 29.0 Å². The normalized spacial score (nSPS) is 12.0. The topological polar surface area (TPSA) is 107 Å². The van der Waals surface area contributed by atoms with E-state index in [1.807, 2.05) is 0 Å². The predicted molar refractivity (Wildman–Crippen MR) is 115 cm³/mol. The van der Waals surface area contributed by atoms with Gasteiger partial charge in [0.1, 0.15) is 11.8 Å². The molecule has 0 saturated heterocycles. The van der Waals surface area contributed by atoms with Crippen LogP contribution >= 0.6 is 0 Å². The third-order valence-electron chi connectivity index (χ3n) is 5.22. The van der Waals surface area contributed by atoms with Crippen LogP contribution in [0.3, 0.4) is 0 Å². The highest BCUT2D eigenvalue weighted by molar-refractivity contribution is 6.05. The fraction of sp³-hybridized carbons (Fsp3) is 0.261. The van der Waals surface area contributed by atoms with Crippen molar-refractivity contribution in [2.45, 2.75) is 32.9 Å². The first-order valence-electron chi connectivity index (χ1n) is 10.0. The van der Waals surface area contributed by atoms with E-state index in [9.17, 15) is 27.6 Å². The van der Waals surface area contributed by atoms with Gasteiger partial charge in [-0.2, -0.15) is 8.78 Å². The predicted octanol–water partition coefficient (Wildman–Crippen LogP) is 3.52. The van der Waals surface area contributed by atoms with Crippen molar-refractivity contribution in [3.05, 3.63) is 59.0 Å². The van der Waals surface area contributed by atoms with Crippen molar-refractivity contribution in [1.29, 1.82) is 0 Å². The van der Waals surface area contributed by atoms with Gasteiger partial charge in [0.25, 0.3) is 5.91 Å². The Hall–Kier alpha value is -4.02. The van der Waals surface area contributed by atoms with E-state index in [0.717, 1.165) is 6.07 Å². The number of carboxylic acid groups (broad SMARTS) is 1. The zero-order chi connectivity index (χ0) is 25.2. The minimum Gasteiger partial charge on any atom is -0.494 e. The van der Waals surface area contributed by atoms with E-state index in [2.05, 4.69) is 10.1 Å². The lowest BCUT2D eigenvalue weighted by Crippen LogP contribution is -2.39. The number of rotatable bonds is 8. The number of aliphatic carboxylic acids is 1. The molecule has 0 aliphatic heterocycles. The fourth-order valence-corrected chi connectivity index (χ4v) is 3.54. The van der Waals surface area contributed by atoms with Crippen LogP contribution in [0.5, 0.6) is 11.5 Å². The molecule has 3 aromatic rings. The number of alkyl halides is 2. The summed E-state index contributed by atoms with van der Waals surface area (Å²) in [5.74, 6) is -3.40. The summed E-state index contributed by atoms with van der Waals surface area (Å²) >= 11 is 0. The maximum absolute atomic E-state index is 14.5. The average molecular weight is 478 g/mol. The number of benzene rings is 2. The highest BCUT2D eigenvalue weighted by Crippen LogP contribution is 2.32. The van der Waals surface area contributed by atoms with E-state index in [1.165, 1.54) is 48.9 Å². The van der Waals surface area contributed by atoms with Gasteiger partial charge in [-0.15, -0.1) is 0 Å². The zero-order valence-electron chi connectivity index (χ0n) is 18.4. The largest absolute Gasteiger partial charge is 0.494 e. The summed E-state index contributed by atoms with van der Waals surface area (Å²) in [6.45, 7) is -0.160. The van der Waals surface area contributed by atoms with Gasteiger partial charge in [-0.3, -0.25) is 19.0 Å². The van der Waals surface area contributed by atoms with E-state index in [1.54, 1.807) is 6.92 Å². The average Bonchev–Trinajstić information content (AvgIpc) is 3.02. The third-order valence-corrected chi connectivity index (χ3v) is 5.22. The van der Waals surface area contributed by atoms with Crippen LogP contribution in [-0.2, 0) is 16.0 Å². The molecule has 1 unspecified atom stereocenters. The number of amides is 1. The lowest BCUT2D eigenvalue weighted by Gasteiger charge is -2.10. The van der Waals surface area contributed by atoms with E-state index >= 15 is 0 Å². The molecule has 0 radical (unpaired) electrons. The molecule has 0 fully saturated rings. The number of ether oxygens (including phenoxy) is 2. The van der Waals surface area contributed by atoms with Crippen LogP contribution in [0.1, 0.15) is 28.5 Å². The first-order chi connectivity index (χ1) is 16.0. The van der Waals surface area contributed by atoms with Crippen molar-refractivity contribution in [2.24, 2.45) is 0 Å². The molecule has 2 aromatic carbocycles. The standard InChI is InChI=1S/C23H21F3N2O6/c1-11(22(31)32)27-20(29)9-15-12(2)28(18-10-17(24)19(33-3)8-16(15)18)21(30)13-4-6-14(7-5-13)34-23(25)26/h4-8,10-11,23H,9H2,1-3H3,(H,27,29)(H,31,32). The van der Waals surface area contributed by atoms with Crippen molar-refractivity contribution >= 4 is 28.7 Å². The van der Waals surface area contributed by atoms with E-state index in [0.29, 0.717) is 16.6 Å². The number of fused-ring (bicyclic) bond motifs is 1. The van der Waals surface area contributed by atoms with Crippen molar-refractivity contribution in [1.82, 2.24) is 9.88 Å². The molecule has 1 aromatic heterocycles. The number of aromatic nitrogens is 1. The molecule has 0 aliphatic rings. The van der Waals surface area contributed by atoms with Gasteiger partial charge in [0.05, 0.1) is 19.0 Å². The summed E-state index contributed by atoms with van der Waals surface area (Å²) in [5, 5.41) is 11.7. The molecule has 0 saturated carbocycles. The minimum absolute atomic E-state index is 0.105. The smallest absolute Gasteiger partial charge is 0.387 e. The Kier molecular flexibility index (Phi) is 7.14. The van der Waals surface area contributed by atoms with Gasteiger partial charge in [0.2, 0.25) is 5.91 Å². The number of nitrogens with one attached hydrogen (secondary N) is 1. The number of halogens is 3. The molecule has 0 bridgehead atoms. The number of nitrogens with zero attached hydrogens (tertiary/aromatic N) is 1. The number of carboxylic acids is 1. The highest BCUT2D eigenvalue weighted by Gasteiger charge is 2.24. The molecule has 11 heteroatoms. The van der Waals surface area contributed by atoms with Crippen LogP contribution in [0.2, 0.25) is 0 Å². The molecule has 0 spiro atoms. The van der Waals surface area contributed by atoms with Gasteiger partial charge in [-0.25, -0.2) is 4.39 Å². The van der Waals surface area contributed by atoms with Crippen molar-refractivity contribution in [3.8, 4) is 11.5 Å². The van der Waals surface area contributed by atoms with Gasteiger partial charge in [0, 0.05) is 22.7 Å². The maximum atomic E-state index is 14.5. The molecular weight excluding hydrogens is 457 g/mol. The molecule has 0 aliphatic carbocycles. The van der Waals surface area contributed by atoms with E-state index < -0.39 is 36.3 Å². The monoisotopic (exact) mass is 478 g/mol. The molecule has 180 valence electrons. The van der Waals surface area contributed by atoms with Crippen molar-refractivity contribution in [2.75, 3.05) is 7.11 Å². The quantitative estimate of drug-likeness (QED) is 0.513. The Morgan fingerprint density at radius 2 is 1.79 bits per heavy atom. The molecule has 3 rings (SSSR count). The molecule has 2 N–H and O–H groups in total. The lowest BCUT2D eigenvalue weighted by atomic mass is 10.1. The second-order valence-corrected chi connectivity index (χ2v) is 7.42. The Labute approximate surface area is 191 Å². The summed E-state index contributed by atoms with van der Waals surface area (Å²) in [6.07, 6.45) is -0.282. The van der Waals surface area contributed by atoms with Crippen LogP contribution in [0.25, 0.3) is 10.9 Å². The Morgan fingerprint density at radius 3 is 2.35 bits per heavy atom. The first kappa shape index (κ1) is 24.6. The fourth-order valence-electron chi connectivity index (χ4n) is 3.54. The van der Waals surface area contributed by atoms with Gasteiger partial charge in [0.15, 0.2) is 11.6 Å². The Bertz CT molecular complexity index is 1250. The van der Waals surface area contributed by atoms with Gasteiger partial charge < -0.3 is 19.9 Å². The molecule has 1 amide bonds. The van der Waals surface area contributed by atoms with Crippen molar-refractivity contribution in [3.63, 3.8) is 0 Å². The van der Waals surface area contributed by atoms with Crippen LogP contribution in [0.15, 0.2) is 36.4 Å². The molecule has 8 nitrogen and oxygen atoms in total. The second kappa shape index (κ2) is 9.86. The number of carbonyl (C=O) groups excluding carboxylic acids is 2. The number of hydrogen-bond donors (Lipinski definition) is 2. The zero-order valence-corrected chi connectivity index (χ0v) is 18.4. The van der Waals surface area contributed by atoms with Crippen molar-refractivity contribution < 1.29 is 42.1 Å². The summed E-state index contributed by atoms with van der Waals surface area (Å²) in [4.78, 5) is 36.8. The van der Waals surface area contributed by atoms with Gasteiger partial charge >= 0.3 is 12.6 Å². The lowest BCUT2D eigenvalue weighted by molar-refractivity contribution is -0.141. The molecule has 1 atom stereocenters. The van der Waals surface area contributed by atoms with Gasteiger partial charge in [-0.1, -0.05) is 0 Å². The minimum atomic E-state index is -3.02. The first-order valence-corrected chi connectivity index (χ1v) is 10.0. The van der Waals surface area contributed by atoms with Gasteiger partial charge in [-0.05, 0) is 49.7 Å². The number of hydrogen-bond acceptors (Lipinski definition) is 5. The molecule has 34 heavy (non-hydrogen) atoms. The van der Waals surface area contributed by atoms with Crippen LogP contribution in [0.4, 0.5) is 13.2 Å². The second-order valence-electron chi connectivity index (χ2n) is 7.42. The Balaban J connectivity index is 2.08. The number of methoxy groups -OCH3 is 1. The summed E-state index contributed by atoms with van der Waals surface area (Å²) in [6, 6.07) is 6.28. The summed E-state index contributed by atoms with van der Waals surface area (Å²) in [7, 11) is 1.27.